The minimum atomic E-state index is -0.485. The fourth-order valence-electron chi connectivity index (χ4n) is 2.30. The Kier molecular flexibility index (Phi) is 5.53. The Morgan fingerprint density at radius 1 is 1.19 bits per heavy atom. The summed E-state index contributed by atoms with van der Waals surface area (Å²) >= 11 is 4.51. The number of methoxy groups -OCH3 is 2. The number of hydrogen-bond acceptors (Lipinski definition) is 5. The summed E-state index contributed by atoms with van der Waals surface area (Å²) < 4.78 is 24.4. The van der Waals surface area contributed by atoms with Crippen LogP contribution in [0, 0.1) is 5.82 Å². The molecule has 0 bridgehead atoms. The van der Waals surface area contributed by atoms with Crippen LogP contribution in [0.1, 0.15) is 10.4 Å². The Morgan fingerprint density at radius 2 is 2.00 bits per heavy atom. The second-order valence-electron chi connectivity index (χ2n) is 5.18. The number of nitrogens with zero attached hydrogens (tertiary/aromatic N) is 1. The summed E-state index contributed by atoms with van der Waals surface area (Å²) in [5.41, 5.74) is 1.63. The molecular weight excluding hydrogens is 423 g/mol. The zero-order valence-corrected chi connectivity index (χ0v) is 16.3. The van der Waals surface area contributed by atoms with Crippen LogP contribution in [-0.4, -0.2) is 25.1 Å². The van der Waals surface area contributed by atoms with Gasteiger partial charge < -0.3 is 9.47 Å². The molecule has 0 unspecified atom stereocenters. The molecular formula is C18H14BrFN2O3S. The van der Waals surface area contributed by atoms with E-state index in [1.807, 2.05) is 6.07 Å². The van der Waals surface area contributed by atoms with Gasteiger partial charge in [-0.1, -0.05) is 0 Å². The summed E-state index contributed by atoms with van der Waals surface area (Å²) in [6, 6.07) is 9.33. The van der Waals surface area contributed by atoms with Gasteiger partial charge in [0.25, 0.3) is 5.91 Å². The maximum absolute atomic E-state index is 13.4. The van der Waals surface area contributed by atoms with E-state index >= 15 is 0 Å². The normalized spacial score (nSPS) is 10.5. The number of carbonyl (C=O) groups excluding carboxylic acids is 1. The molecule has 0 saturated carbocycles. The van der Waals surface area contributed by atoms with Crippen LogP contribution in [0.25, 0.3) is 11.3 Å². The monoisotopic (exact) mass is 436 g/mol. The second-order valence-corrected chi connectivity index (χ2v) is 6.89. The van der Waals surface area contributed by atoms with Gasteiger partial charge in [0, 0.05) is 21.5 Å². The molecule has 0 fully saturated rings. The van der Waals surface area contributed by atoms with Gasteiger partial charge in [-0.2, -0.15) is 0 Å². The van der Waals surface area contributed by atoms with E-state index in [2.05, 4.69) is 26.2 Å². The number of aromatic nitrogens is 1. The molecule has 0 aliphatic carbocycles. The molecule has 8 heteroatoms. The van der Waals surface area contributed by atoms with Gasteiger partial charge in [0.15, 0.2) is 5.13 Å². The molecule has 0 saturated heterocycles. The van der Waals surface area contributed by atoms with Crippen LogP contribution in [0.4, 0.5) is 9.52 Å². The third-order valence-corrected chi connectivity index (χ3v) is 5.03. The second kappa shape index (κ2) is 7.84. The van der Waals surface area contributed by atoms with Crippen LogP contribution < -0.4 is 14.8 Å². The van der Waals surface area contributed by atoms with Crippen molar-refractivity contribution in [3.8, 4) is 22.8 Å². The first kappa shape index (κ1) is 18.3. The molecule has 0 atom stereocenters. The quantitative estimate of drug-likeness (QED) is 0.612. The Bertz CT molecular complexity index is 961. The molecule has 0 spiro atoms. The third kappa shape index (κ3) is 3.86. The van der Waals surface area contributed by atoms with E-state index in [1.165, 1.54) is 29.5 Å². The molecule has 2 aromatic carbocycles. The Morgan fingerprint density at radius 3 is 2.73 bits per heavy atom. The van der Waals surface area contributed by atoms with Crippen molar-refractivity contribution in [3.05, 3.63) is 57.6 Å². The molecule has 1 N–H and O–H groups in total. The first-order chi connectivity index (χ1) is 12.5. The zero-order valence-electron chi connectivity index (χ0n) is 13.9. The van der Waals surface area contributed by atoms with Crippen molar-refractivity contribution < 1.29 is 18.7 Å². The number of thiazole rings is 1. The first-order valence-electron chi connectivity index (χ1n) is 7.46. The maximum Gasteiger partial charge on any atom is 0.258 e. The van der Waals surface area contributed by atoms with Gasteiger partial charge in [-0.25, -0.2) is 9.37 Å². The summed E-state index contributed by atoms with van der Waals surface area (Å²) in [4.78, 5) is 16.8. The highest BCUT2D eigenvalue weighted by molar-refractivity contribution is 9.10. The average Bonchev–Trinajstić information content (AvgIpc) is 3.11. The third-order valence-electron chi connectivity index (χ3n) is 3.58. The Labute approximate surface area is 161 Å². The molecule has 3 aromatic rings. The molecule has 26 heavy (non-hydrogen) atoms. The number of anilines is 1. The van der Waals surface area contributed by atoms with E-state index < -0.39 is 11.7 Å². The van der Waals surface area contributed by atoms with Gasteiger partial charge in [0.05, 0.1) is 25.5 Å². The lowest BCUT2D eigenvalue weighted by Gasteiger charge is -2.08. The lowest BCUT2D eigenvalue weighted by Crippen LogP contribution is -2.12. The van der Waals surface area contributed by atoms with Gasteiger partial charge in [0.1, 0.15) is 17.3 Å². The number of nitrogens with one attached hydrogen (secondary N) is 1. The lowest BCUT2D eigenvalue weighted by molar-refractivity contribution is 0.102. The summed E-state index contributed by atoms with van der Waals surface area (Å²) in [5.74, 6) is 0.353. The molecule has 3 rings (SSSR count). The molecule has 1 amide bonds. The van der Waals surface area contributed by atoms with Crippen molar-refractivity contribution in [1.82, 2.24) is 4.98 Å². The number of rotatable bonds is 5. The van der Waals surface area contributed by atoms with E-state index in [1.54, 1.807) is 31.7 Å². The van der Waals surface area contributed by atoms with E-state index in [0.717, 1.165) is 5.56 Å². The fraction of sp³-hybridized carbons (Fsp3) is 0.111. The van der Waals surface area contributed by atoms with Crippen LogP contribution in [0.15, 0.2) is 46.3 Å². The SMILES string of the molecule is COc1ccc(-c2csc(NC(=O)c3cc(F)ccc3Br)n2)c(OC)c1. The van der Waals surface area contributed by atoms with Gasteiger partial charge in [-0.05, 0) is 46.3 Å². The Hall–Kier alpha value is -2.45. The average molecular weight is 437 g/mol. The number of benzene rings is 2. The first-order valence-corrected chi connectivity index (χ1v) is 9.13. The number of ether oxygens (including phenoxy) is 2. The molecule has 0 radical (unpaired) electrons. The van der Waals surface area contributed by atoms with E-state index in [0.29, 0.717) is 26.8 Å². The molecule has 1 heterocycles. The smallest absolute Gasteiger partial charge is 0.258 e. The van der Waals surface area contributed by atoms with Crippen LogP contribution in [0.3, 0.4) is 0 Å². The molecule has 5 nitrogen and oxygen atoms in total. The summed E-state index contributed by atoms with van der Waals surface area (Å²) in [5, 5.41) is 4.89. The maximum atomic E-state index is 13.4. The number of amides is 1. The minimum Gasteiger partial charge on any atom is -0.497 e. The zero-order chi connectivity index (χ0) is 18.7. The number of hydrogen-bond donors (Lipinski definition) is 1. The van der Waals surface area contributed by atoms with Gasteiger partial charge in [-0.3, -0.25) is 10.1 Å². The molecule has 0 aliphatic heterocycles. The molecule has 0 aliphatic rings. The van der Waals surface area contributed by atoms with Gasteiger partial charge >= 0.3 is 0 Å². The summed E-state index contributed by atoms with van der Waals surface area (Å²) in [6.07, 6.45) is 0. The van der Waals surface area contributed by atoms with Crippen molar-refractivity contribution in [1.29, 1.82) is 0 Å². The lowest BCUT2D eigenvalue weighted by atomic mass is 10.1. The van der Waals surface area contributed by atoms with Crippen molar-refractivity contribution in [2.24, 2.45) is 0 Å². The molecule has 1 aromatic heterocycles. The van der Waals surface area contributed by atoms with Crippen LogP contribution in [-0.2, 0) is 0 Å². The minimum absolute atomic E-state index is 0.198. The predicted molar refractivity (Wildman–Crippen MR) is 103 cm³/mol. The van der Waals surface area contributed by atoms with E-state index in [4.69, 9.17) is 9.47 Å². The standard InChI is InChI=1S/C18H14BrFN2O3S/c1-24-11-4-5-12(16(8-11)25-2)15-9-26-18(21-15)22-17(23)13-7-10(20)3-6-14(13)19/h3-9H,1-2H3,(H,21,22,23). The summed E-state index contributed by atoms with van der Waals surface area (Å²) in [6.45, 7) is 0. The fourth-order valence-corrected chi connectivity index (χ4v) is 3.43. The predicted octanol–water partition coefficient (Wildman–Crippen LogP) is 4.98. The number of halogens is 2. The van der Waals surface area contributed by atoms with Gasteiger partial charge in [-0.15, -0.1) is 11.3 Å². The van der Waals surface area contributed by atoms with Crippen molar-refractivity contribution in [2.75, 3.05) is 19.5 Å². The Balaban J connectivity index is 1.84. The highest BCUT2D eigenvalue weighted by Crippen LogP contribution is 2.35. The van der Waals surface area contributed by atoms with Crippen LogP contribution >= 0.6 is 27.3 Å². The van der Waals surface area contributed by atoms with Crippen molar-refractivity contribution >= 4 is 38.3 Å². The largest absolute Gasteiger partial charge is 0.497 e. The van der Waals surface area contributed by atoms with E-state index in [9.17, 15) is 9.18 Å². The highest BCUT2D eigenvalue weighted by atomic mass is 79.9. The topological polar surface area (TPSA) is 60.5 Å². The van der Waals surface area contributed by atoms with E-state index in [-0.39, 0.29) is 5.56 Å². The molecule has 134 valence electrons. The van der Waals surface area contributed by atoms with Crippen molar-refractivity contribution in [2.45, 2.75) is 0 Å². The number of carbonyl (C=O) groups is 1. The summed E-state index contributed by atoms with van der Waals surface area (Å²) in [7, 11) is 3.14. The van der Waals surface area contributed by atoms with Crippen LogP contribution in [0.5, 0.6) is 11.5 Å². The highest BCUT2D eigenvalue weighted by Gasteiger charge is 2.15. The van der Waals surface area contributed by atoms with Crippen LogP contribution in [0.2, 0.25) is 0 Å². The van der Waals surface area contributed by atoms with Gasteiger partial charge in [0.2, 0.25) is 0 Å². The van der Waals surface area contributed by atoms with Crippen molar-refractivity contribution in [3.63, 3.8) is 0 Å².